The Kier molecular flexibility index (Phi) is 3.41. The highest BCUT2D eigenvalue weighted by atomic mass is 127. The lowest BCUT2D eigenvalue weighted by molar-refractivity contribution is 1.04. The molecule has 19 heavy (non-hydrogen) atoms. The van der Waals surface area contributed by atoms with Crippen LogP contribution in [0.2, 0.25) is 0 Å². The van der Waals surface area contributed by atoms with Gasteiger partial charge in [0.25, 0.3) is 0 Å². The van der Waals surface area contributed by atoms with Gasteiger partial charge in [-0.3, -0.25) is 4.79 Å². The van der Waals surface area contributed by atoms with Crippen LogP contribution in [0.15, 0.2) is 41.5 Å². The van der Waals surface area contributed by atoms with Gasteiger partial charge in [-0.25, -0.2) is 4.45 Å². The summed E-state index contributed by atoms with van der Waals surface area (Å²) in [6.07, 6.45) is 4.13. The molecule has 2 heterocycles. The minimum atomic E-state index is -0.0822. The molecular weight excluding hydrogens is 372 g/mol. The monoisotopic (exact) mass is 383 g/mol. The maximum absolute atomic E-state index is 11.4. The van der Waals surface area contributed by atoms with Crippen LogP contribution >= 0.6 is 28.4 Å². The molecule has 1 atom stereocenters. The van der Waals surface area contributed by atoms with Crippen LogP contribution in [0.4, 0.5) is 0 Å². The Balaban J connectivity index is 2.28. The van der Waals surface area contributed by atoms with Crippen LogP contribution in [0.1, 0.15) is 5.56 Å². The summed E-state index contributed by atoms with van der Waals surface area (Å²) in [6, 6.07) is 7.77. The predicted octanol–water partition coefficient (Wildman–Crippen LogP) is 3.49. The third-order valence-electron chi connectivity index (χ3n) is 3.08. The summed E-state index contributed by atoms with van der Waals surface area (Å²) in [7, 11) is 0. The molecule has 0 aliphatic carbocycles. The zero-order chi connectivity index (χ0) is 13.4. The van der Waals surface area contributed by atoms with Crippen LogP contribution < -0.4 is 5.56 Å². The third-order valence-corrected chi connectivity index (χ3v) is 4.97. The van der Waals surface area contributed by atoms with E-state index in [2.05, 4.69) is 51.2 Å². The number of aryl methyl sites for hydroxylation is 1. The number of H-pyrrole nitrogens is 1. The van der Waals surface area contributed by atoms with Gasteiger partial charge in [-0.2, -0.15) is 5.10 Å². The first kappa shape index (κ1) is 12.8. The molecule has 2 aromatic heterocycles. The first-order chi connectivity index (χ1) is 9.19. The van der Waals surface area contributed by atoms with E-state index in [0.717, 1.165) is 27.6 Å². The normalized spacial score (nSPS) is 11.7. The average Bonchev–Trinajstić information content (AvgIpc) is 2.79. The van der Waals surface area contributed by atoms with Gasteiger partial charge in [0, 0.05) is 17.6 Å². The summed E-state index contributed by atoms with van der Waals surface area (Å²) in [5.41, 5.74) is 4.19. The van der Waals surface area contributed by atoms with Crippen LogP contribution in [0.3, 0.4) is 0 Å². The van der Waals surface area contributed by atoms with Gasteiger partial charge in [0.05, 0.1) is 18.1 Å². The van der Waals surface area contributed by atoms with E-state index in [9.17, 15) is 4.79 Å². The molecule has 96 valence electrons. The van der Waals surface area contributed by atoms with Crippen molar-refractivity contribution in [1.82, 2.24) is 14.5 Å². The minimum Gasteiger partial charge on any atom is -0.329 e. The van der Waals surface area contributed by atoms with E-state index in [4.69, 9.17) is 0 Å². The van der Waals surface area contributed by atoms with Gasteiger partial charge < -0.3 is 4.98 Å². The summed E-state index contributed by atoms with van der Waals surface area (Å²) < 4.78 is 1.98. The number of nitrogens with one attached hydrogen (secondary N) is 1. The molecule has 3 aromatic rings. The number of fused-ring (bicyclic) bond motifs is 1. The van der Waals surface area contributed by atoms with Crippen LogP contribution in [-0.4, -0.2) is 14.5 Å². The van der Waals surface area contributed by atoms with E-state index in [0.29, 0.717) is 6.37 Å². The van der Waals surface area contributed by atoms with E-state index in [1.807, 2.05) is 16.7 Å². The van der Waals surface area contributed by atoms with E-state index >= 15 is 0 Å². The van der Waals surface area contributed by atoms with Crippen LogP contribution in [0.5, 0.6) is 0 Å². The van der Waals surface area contributed by atoms with Crippen LogP contribution in [0.25, 0.3) is 22.0 Å². The van der Waals surface area contributed by atoms with Crippen molar-refractivity contribution in [2.75, 3.05) is 0 Å². The second kappa shape index (κ2) is 5.06. The molecule has 0 saturated carbocycles. The van der Waals surface area contributed by atoms with E-state index < -0.39 is 0 Å². The minimum absolute atomic E-state index is 0.0822. The predicted molar refractivity (Wildman–Crippen MR) is 88.3 cm³/mol. The van der Waals surface area contributed by atoms with Gasteiger partial charge in [-0.05, 0) is 63.9 Å². The number of hydrogen-bond acceptors (Lipinski definition) is 2. The Morgan fingerprint density at radius 3 is 2.95 bits per heavy atom. The van der Waals surface area contributed by atoms with Crippen molar-refractivity contribution >= 4 is 39.3 Å². The number of rotatable bonds is 2. The van der Waals surface area contributed by atoms with E-state index in [1.54, 1.807) is 12.3 Å². The molecule has 0 amide bonds. The lowest BCUT2D eigenvalue weighted by Crippen LogP contribution is -2.02. The fourth-order valence-electron chi connectivity index (χ4n) is 2.18. The Morgan fingerprint density at radius 2 is 2.21 bits per heavy atom. The Hall–Kier alpha value is -1.20. The molecule has 0 aliphatic rings. The molecule has 0 spiro atoms. The molecule has 1 unspecified atom stereocenters. The molecule has 0 fully saturated rings. The van der Waals surface area contributed by atoms with Crippen molar-refractivity contribution in [3.05, 3.63) is 52.6 Å². The third kappa shape index (κ3) is 2.32. The molecule has 1 N–H and O–H groups in total. The largest absolute Gasteiger partial charge is 0.329 e. The number of hydrogen-bond donors (Lipinski definition) is 1. The average molecular weight is 383 g/mol. The summed E-state index contributed by atoms with van der Waals surface area (Å²) in [4.78, 5) is 14.1. The fourth-order valence-corrected chi connectivity index (χ4v) is 3.72. The second-order valence-corrected chi connectivity index (χ2v) is 6.35. The molecule has 6 heteroatoms. The summed E-state index contributed by atoms with van der Waals surface area (Å²) in [6.45, 7) is 2.06. The second-order valence-electron chi connectivity index (χ2n) is 4.31. The lowest BCUT2D eigenvalue weighted by atomic mass is 10.00. The Labute approximate surface area is 124 Å². The molecule has 0 saturated heterocycles. The number of nitrogens with zero attached hydrogens (tertiary/aromatic N) is 2. The van der Waals surface area contributed by atoms with Gasteiger partial charge in [-0.15, -0.1) is 0 Å². The smallest absolute Gasteiger partial charge is 0.248 e. The van der Waals surface area contributed by atoms with E-state index in [-0.39, 0.29) is 5.56 Å². The molecular formula is C13H11IN3OP. The van der Waals surface area contributed by atoms with E-state index in [1.165, 1.54) is 0 Å². The summed E-state index contributed by atoms with van der Waals surface area (Å²) in [5, 5.41) is 5.50. The first-order valence-electron chi connectivity index (χ1n) is 5.73. The topological polar surface area (TPSA) is 50.7 Å². The SMILES string of the molecule is Cc1cc2cnn(PI)c2cc1-c1cc[nH]c(=O)c1. The first-order valence-corrected chi connectivity index (χ1v) is 9.79. The molecule has 4 nitrogen and oxygen atoms in total. The molecule has 3 rings (SSSR count). The summed E-state index contributed by atoms with van der Waals surface area (Å²) in [5.74, 6) is 0. The molecule has 0 radical (unpaired) electrons. The maximum atomic E-state index is 11.4. The number of aromatic amines is 1. The highest BCUT2D eigenvalue weighted by molar-refractivity contribution is 14.2. The van der Waals surface area contributed by atoms with Gasteiger partial charge in [-0.1, -0.05) is 0 Å². The van der Waals surface area contributed by atoms with Crippen molar-refractivity contribution in [2.45, 2.75) is 6.92 Å². The van der Waals surface area contributed by atoms with Crippen molar-refractivity contribution in [2.24, 2.45) is 0 Å². The van der Waals surface area contributed by atoms with Crippen molar-refractivity contribution in [3.8, 4) is 11.1 Å². The lowest BCUT2D eigenvalue weighted by Gasteiger charge is -2.07. The fraction of sp³-hybridized carbons (Fsp3) is 0.0769. The Bertz CT molecular complexity index is 809. The number of pyridine rings is 1. The van der Waals surface area contributed by atoms with Gasteiger partial charge in [0.2, 0.25) is 5.56 Å². The molecule has 1 aromatic carbocycles. The van der Waals surface area contributed by atoms with Crippen molar-refractivity contribution in [1.29, 1.82) is 0 Å². The molecule has 0 bridgehead atoms. The zero-order valence-corrected chi connectivity index (χ0v) is 13.3. The van der Waals surface area contributed by atoms with Gasteiger partial charge >= 0.3 is 0 Å². The van der Waals surface area contributed by atoms with Crippen molar-refractivity contribution < 1.29 is 0 Å². The highest BCUT2D eigenvalue weighted by Gasteiger charge is 2.08. The highest BCUT2D eigenvalue weighted by Crippen LogP contribution is 2.32. The van der Waals surface area contributed by atoms with Crippen molar-refractivity contribution in [3.63, 3.8) is 0 Å². The Morgan fingerprint density at radius 1 is 1.37 bits per heavy atom. The number of halogens is 1. The number of aromatic nitrogens is 3. The number of benzene rings is 1. The molecule has 0 aliphatic heterocycles. The van der Waals surface area contributed by atoms with Crippen LogP contribution in [-0.2, 0) is 0 Å². The summed E-state index contributed by atoms with van der Waals surface area (Å²) >= 11 is 2.31. The zero-order valence-electron chi connectivity index (χ0n) is 10.1. The van der Waals surface area contributed by atoms with Crippen LogP contribution in [0, 0.1) is 6.92 Å². The van der Waals surface area contributed by atoms with Gasteiger partial charge in [0.1, 0.15) is 0 Å². The standard InChI is InChI=1S/C13H11IN3OP/c1-8-4-10-7-16-17(19-14)12(10)6-11(8)9-2-3-15-13(18)5-9/h2-7,19H,1H3,(H,15,18). The quantitative estimate of drug-likeness (QED) is 0.544. The van der Waals surface area contributed by atoms with Gasteiger partial charge in [0.15, 0.2) is 0 Å². The maximum Gasteiger partial charge on any atom is 0.248 e.